The number of benzene rings is 3. The number of carbonyl (C=O) groups is 2. The Hall–Kier alpha value is -3.44. The zero-order valence-corrected chi connectivity index (χ0v) is 22.0. The number of carboxylic acid groups (broad SMARTS) is 1. The van der Waals surface area contributed by atoms with Crippen molar-refractivity contribution in [2.45, 2.75) is 50.9 Å². The van der Waals surface area contributed by atoms with Crippen LogP contribution in [0.15, 0.2) is 78.9 Å². The molecule has 0 bridgehead atoms. The molecule has 1 aliphatic rings. The lowest BCUT2D eigenvalue weighted by molar-refractivity contribution is -0.139. The van der Waals surface area contributed by atoms with Crippen molar-refractivity contribution in [1.29, 1.82) is 0 Å². The third-order valence-corrected chi connectivity index (χ3v) is 7.72. The van der Waals surface area contributed by atoms with E-state index in [1.807, 2.05) is 42.5 Å². The fraction of sp³-hybridized carbons (Fsp3) is 0.375. The molecule has 0 saturated carbocycles. The van der Waals surface area contributed by atoms with Crippen LogP contribution in [-0.4, -0.2) is 48.1 Å². The third kappa shape index (κ3) is 6.86. The highest BCUT2D eigenvalue weighted by Gasteiger charge is 2.38. The number of aryl methyl sites for hydroxylation is 2. The van der Waals surface area contributed by atoms with E-state index in [0.717, 1.165) is 55.6 Å². The first-order valence-corrected chi connectivity index (χ1v) is 13.3. The van der Waals surface area contributed by atoms with E-state index in [1.54, 1.807) is 0 Å². The van der Waals surface area contributed by atoms with Crippen LogP contribution in [0.3, 0.4) is 0 Å². The SMILES string of the molecule is Cc1ccc(C(C(=O)NCCCN2CCC(CC(=O)O)(c3ccccc3)CC2)c2ccc(C)cc2)cc1. The smallest absolute Gasteiger partial charge is 0.304 e. The van der Waals surface area contributed by atoms with Crippen LogP contribution in [0.4, 0.5) is 0 Å². The van der Waals surface area contributed by atoms with Gasteiger partial charge < -0.3 is 15.3 Å². The van der Waals surface area contributed by atoms with Crippen molar-refractivity contribution in [2.75, 3.05) is 26.2 Å². The molecule has 37 heavy (non-hydrogen) atoms. The fourth-order valence-corrected chi connectivity index (χ4v) is 5.48. The van der Waals surface area contributed by atoms with Crippen molar-refractivity contribution in [3.8, 4) is 0 Å². The van der Waals surface area contributed by atoms with Crippen LogP contribution in [0.5, 0.6) is 0 Å². The first-order valence-electron chi connectivity index (χ1n) is 13.3. The molecule has 0 atom stereocenters. The van der Waals surface area contributed by atoms with E-state index >= 15 is 0 Å². The van der Waals surface area contributed by atoms with E-state index < -0.39 is 5.97 Å². The second-order valence-corrected chi connectivity index (χ2v) is 10.5. The van der Waals surface area contributed by atoms with Gasteiger partial charge in [0.05, 0.1) is 12.3 Å². The summed E-state index contributed by atoms with van der Waals surface area (Å²) in [4.78, 5) is 27.4. The second kappa shape index (κ2) is 12.2. The van der Waals surface area contributed by atoms with Gasteiger partial charge in [0.1, 0.15) is 0 Å². The molecule has 4 rings (SSSR count). The number of aliphatic carboxylic acids is 1. The number of carbonyl (C=O) groups excluding carboxylic acids is 1. The van der Waals surface area contributed by atoms with Crippen molar-refractivity contribution in [2.24, 2.45) is 0 Å². The van der Waals surface area contributed by atoms with Crippen molar-refractivity contribution in [3.63, 3.8) is 0 Å². The number of nitrogens with one attached hydrogen (secondary N) is 1. The molecule has 1 heterocycles. The average Bonchev–Trinajstić information content (AvgIpc) is 2.90. The summed E-state index contributed by atoms with van der Waals surface area (Å²) >= 11 is 0. The zero-order chi connectivity index (χ0) is 26.3. The Labute approximate surface area is 220 Å². The molecule has 3 aromatic carbocycles. The molecule has 0 radical (unpaired) electrons. The van der Waals surface area contributed by atoms with Crippen LogP contribution in [0.1, 0.15) is 59.4 Å². The zero-order valence-electron chi connectivity index (χ0n) is 22.0. The van der Waals surface area contributed by atoms with Crippen molar-refractivity contribution < 1.29 is 14.7 Å². The Morgan fingerprint density at radius 2 is 1.41 bits per heavy atom. The summed E-state index contributed by atoms with van der Waals surface area (Å²) in [6.45, 7) is 7.34. The number of nitrogens with zero attached hydrogens (tertiary/aromatic N) is 1. The number of likely N-dealkylation sites (tertiary alicyclic amines) is 1. The van der Waals surface area contributed by atoms with Crippen LogP contribution >= 0.6 is 0 Å². The summed E-state index contributed by atoms with van der Waals surface area (Å²) in [5.74, 6) is -1.05. The van der Waals surface area contributed by atoms with Crippen molar-refractivity contribution in [3.05, 3.63) is 107 Å². The van der Waals surface area contributed by atoms with E-state index in [4.69, 9.17) is 0 Å². The van der Waals surface area contributed by atoms with Crippen molar-refractivity contribution in [1.82, 2.24) is 10.2 Å². The molecule has 2 N–H and O–H groups in total. The summed E-state index contributed by atoms with van der Waals surface area (Å²) in [5.41, 5.74) is 5.17. The van der Waals surface area contributed by atoms with Crippen LogP contribution < -0.4 is 5.32 Å². The Balaban J connectivity index is 1.32. The molecular formula is C32H38N2O3. The Bertz CT molecular complexity index is 1120. The predicted octanol–water partition coefficient (Wildman–Crippen LogP) is 5.45. The maximum Gasteiger partial charge on any atom is 0.304 e. The number of rotatable bonds is 10. The Morgan fingerprint density at radius 3 is 1.92 bits per heavy atom. The van der Waals surface area contributed by atoms with E-state index in [2.05, 4.69) is 60.5 Å². The quantitative estimate of drug-likeness (QED) is 0.365. The molecule has 0 aromatic heterocycles. The molecule has 5 heteroatoms. The number of amides is 1. The summed E-state index contributed by atoms with van der Waals surface area (Å²) in [5, 5.41) is 12.7. The standard InChI is InChI=1S/C32H38N2O3/c1-24-9-13-26(14-10-24)30(27-15-11-25(2)12-16-27)31(37)33-19-6-20-34-21-17-32(18-22-34,23-29(35)36)28-7-4-3-5-8-28/h3-5,7-16,30H,6,17-23H2,1-2H3,(H,33,37)(H,35,36). The first kappa shape index (κ1) is 26.6. The van der Waals surface area contributed by atoms with Gasteiger partial charge in [-0.3, -0.25) is 9.59 Å². The average molecular weight is 499 g/mol. The Morgan fingerprint density at radius 1 is 0.865 bits per heavy atom. The van der Waals surface area contributed by atoms with Gasteiger partial charge in [-0.1, -0.05) is 90.0 Å². The van der Waals surface area contributed by atoms with Crippen molar-refractivity contribution >= 4 is 11.9 Å². The number of hydrogen-bond acceptors (Lipinski definition) is 3. The van der Waals surface area contributed by atoms with Crippen LogP contribution in [-0.2, 0) is 15.0 Å². The molecule has 1 saturated heterocycles. The third-order valence-electron chi connectivity index (χ3n) is 7.72. The predicted molar refractivity (Wildman–Crippen MR) is 148 cm³/mol. The highest BCUT2D eigenvalue weighted by atomic mass is 16.4. The minimum atomic E-state index is -0.739. The van der Waals surface area contributed by atoms with Crippen LogP contribution in [0.2, 0.25) is 0 Å². The van der Waals surface area contributed by atoms with Crippen LogP contribution in [0, 0.1) is 13.8 Å². The lowest BCUT2D eigenvalue weighted by Crippen LogP contribution is -2.44. The lowest BCUT2D eigenvalue weighted by atomic mass is 9.70. The van der Waals surface area contributed by atoms with E-state index in [0.29, 0.717) is 6.54 Å². The maximum atomic E-state index is 13.3. The molecule has 3 aromatic rings. The first-order chi connectivity index (χ1) is 17.9. The molecule has 5 nitrogen and oxygen atoms in total. The van der Waals surface area contributed by atoms with Gasteiger partial charge in [-0.25, -0.2) is 0 Å². The van der Waals surface area contributed by atoms with Gasteiger partial charge in [0.25, 0.3) is 0 Å². The summed E-state index contributed by atoms with van der Waals surface area (Å²) in [6, 6.07) is 26.5. The lowest BCUT2D eigenvalue weighted by Gasteiger charge is -2.41. The number of carboxylic acids is 1. The second-order valence-electron chi connectivity index (χ2n) is 10.5. The van der Waals surface area contributed by atoms with E-state index in [-0.39, 0.29) is 23.7 Å². The molecular weight excluding hydrogens is 460 g/mol. The van der Waals surface area contributed by atoms with Gasteiger partial charge in [-0.15, -0.1) is 0 Å². The molecule has 0 aliphatic carbocycles. The van der Waals surface area contributed by atoms with E-state index in [1.165, 1.54) is 11.1 Å². The van der Waals surface area contributed by atoms with Gasteiger partial charge in [-0.2, -0.15) is 0 Å². The molecule has 0 unspecified atom stereocenters. The Kier molecular flexibility index (Phi) is 8.78. The summed E-state index contributed by atoms with van der Waals surface area (Å²) < 4.78 is 0. The van der Waals surface area contributed by atoms with Crippen LogP contribution in [0.25, 0.3) is 0 Å². The fourth-order valence-electron chi connectivity index (χ4n) is 5.48. The maximum absolute atomic E-state index is 13.3. The van der Waals surface area contributed by atoms with Gasteiger partial charge in [-0.05, 0) is 69.4 Å². The minimum Gasteiger partial charge on any atom is -0.481 e. The van der Waals surface area contributed by atoms with Gasteiger partial charge in [0.15, 0.2) is 0 Å². The summed E-state index contributed by atoms with van der Waals surface area (Å²) in [7, 11) is 0. The largest absolute Gasteiger partial charge is 0.481 e. The number of piperidine rings is 1. The molecule has 1 aliphatic heterocycles. The normalized spacial score (nSPS) is 15.4. The van der Waals surface area contributed by atoms with Gasteiger partial charge in [0, 0.05) is 12.0 Å². The monoisotopic (exact) mass is 498 g/mol. The van der Waals surface area contributed by atoms with Gasteiger partial charge >= 0.3 is 5.97 Å². The molecule has 1 fully saturated rings. The highest BCUT2D eigenvalue weighted by Crippen LogP contribution is 2.38. The molecule has 1 amide bonds. The highest BCUT2D eigenvalue weighted by molar-refractivity contribution is 5.87. The minimum absolute atomic E-state index is 0.0240. The van der Waals surface area contributed by atoms with E-state index in [9.17, 15) is 14.7 Å². The molecule has 194 valence electrons. The summed E-state index contributed by atoms with van der Waals surface area (Å²) in [6.07, 6.45) is 2.69. The number of hydrogen-bond donors (Lipinski definition) is 2. The topological polar surface area (TPSA) is 69.6 Å². The van der Waals surface area contributed by atoms with Gasteiger partial charge in [0.2, 0.25) is 5.91 Å². The molecule has 0 spiro atoms.